The third kappa shape index (κ3) is 5.01. The van der Waals surface area contributed by atoms with Gasteiger partial charge in [-0.05, 0) is 38.3 Å². The number of nitrogens with one attached hydrogen (secondary N) is 1. The molecule has 0 aliphatic carbocycles. The SMILES string of the molecule is CCCCS(=O)(=O)N1CCC(C(=O)NC(C)c2ccccn2)CC1. The lowest BCUT2D eigenvalue weighted by atomic mass is 9.97. The molecule has 1 aliphatic heterocycles. The smallest absolute Gasteiger partial charge is 0.223 e. The number of aromatic nitrogens is 1. The van der Waals surface area contributed by atoms with Gasteiger partial charge in [0.25, 0.3) is 0 Å². The predicted molar refractivity (Wildman–Crippen MR) is 93.8 cm³/mol. The highest BCUT2D eigenvalue weighted by Crippen LogP contribution is 2.21. The summed E-state index contributed by atoms with van der Waals surface area (Å²) in [5.41, 5.74) is 0.824. The van der Waals surface area contributed by atoms with E-state index in [1.54, 1.807) is 6.20 Å². The van der Waals surface area contributed by atoms with Gasteiger partial charge in [-0.1, -0.05) is 19.4 Å². The van der Waals surface area contributed by atoms with E-state index in [2.05, 4.69) is 10.3 Å². The van der Waals surface area contributed by atoms with E-state index in [1.807, 2.05) is 32.0 Å². The van der Waals surface area contributed by atoms with Crippen LogP contribution in [-0.4, -0.2) is 42.5 Å². The van der Waals surface area contributed by atoms with Gasteiger partial charge in [0.2, 0.25) is 15.9 Å². The molecule has 0 radical (unpaired) electrons. The Balaban J connectivity index is 1.84. The van der Waals surface area contributed by atoms with Gasteiger partial charge in [-0.2, -0.15) is 0 Å². The van der Waals surface area contributed by atoms with E-state index in [0.717, 1.165) is 12.1 Å². The summed E-state index contributed by atoms with van der Waals surface area (Å²) in [5.74, 6) is 0.0596. The van der Waals surface area contributed by atoms with Crippen molar-refractivity contribution in [1.82, 2.24) is 14.6 Å². The molecule has 1 aromatic heterocycles. The molecule has 1 amide bonds. The second-order valence-corrected chi connectivity index (χ2v) is 8.42. The average molecular weight is 353 g/mol. The topological polar surface area (TPSA) is 79.4 Å². The molecule has 1 N–H and O–H groups in total. The largest absolute Gasteiger partial charge is 0.348 e. The number of nitrogens with zero attached hydrogens (tertiary/aromatic N) is 2. The molecule has 1 saturated heterocycles. The lowest BCUT2D eigenvalue weighted by Gasteiger charge is -2.31. The summed E-state index contributed by atoms with van der Waals surface area (Å²) in [5, 5.41) is 2.98. The van der Waals surface area contributed by atoms with Crippen LogP contribution in [0.25, 0.3) is 0 Å². The Morgan fingerprint density at radius 2 is 2.08 bits per heavy atom. The molecule has 1 atom stereocenters. The van der Waals surface area contributed by atoms with Crippen molar-refractivity contribution in [3.05, 3.63) is 30.1 Å². The predicted octanol–water partition coefficient (Wildman–Crippen LogP) is 2.10. The first-order valence-corrected chi connectivity index (χ1v) is 10.2. The van der Waals surface area contributed by atoms with Crippen molar-refractivity contribution in [1.29, 1.82) is 0 Å². The highest BCUT2D eigenvalue weighted by molar-refractivity contribution is 7.89. The zero-order valence-corrected chi connectivity index (χ0v) is 15.3. The number of rotatable bonds is 7. The molecule has 1 fully saturated rings. The van der Waals surface area contributed by atoms with Crippen LogP contribution in [0.1, 0.15) is 51.3 Å². The van der Waals surface area contributed by atoms with Gasteiger partial charge >= 0.3 is 0 Å². The van der Waals surface area contributed by atoms with Crippen molar-refractivity contribution in [2.75, 3.05) is 18.8 Å². The molecule has 134 valence electrons. The summed E-state index contributed by atoms with van der Waals surface area (Å²) >= 11 is 0. The van der Waals surface area contributed by atoms with Crippen molar-refractivity contribution in [2.24, 2.45) is 5.92 Å². The minimum Gasteiger partial charge on any atom is -0.348 e. The summed E-state index contributed by atoms with van der Waals surface area (Å²) in [4.78, 5) is 16.7. The fraction of sp³-hybridized carbons (Fsp3) is 0.647. The number of carbonyl (C=O) groups excluding carboxylic acids is 1. The Labute approximate surface area is 144 Å². The molecular weight excluding hydrogens is 326 g/mol. The molecule has 6 nitrogen and oxygen atoms in total. The Morgan fingerprint density at radius 1 is 1.38 bits per heavy atom. The van der Waals surface area contributed by atoms with E-state index in [-0.39, 0.29) is 23.6 Å². The van der Waals surface area contributed by atoms with Crippen LogP contribution in [0.4, 0.5) is 0 Å². The van der Waals surface area contributed by atoms with Crippen molar-refractivity contribution in [3.63, 3.8) is 0 Å². The van der Waals surface area contributed by atoms with Crippen molar-refractivity contribution in [2.45, 2.75) is 45.6 Å². The first-order chi connectivity index (χ1) is 11.4. The van der Waals surface area contributed by atoms with Crippen LogP contribution < -0.4 is 5.32 Å². The van der Waals surface area contributed by atoms with Crippen LogP contribution in [0.2, 0.25) is 0 Å². The Bertz CT molecular complexity index is 626. The van der Waals surface area contributed by atoms with Crippen molar-refractivity contribution in [3.8, 4) is 0 Å². The average Bonchev–Trinajstić information content (AvgIpc) is 2.60. The van der Waals surface area contributed by atoms with E-state index >= 15 is 0 Å². The number of hydrogen-bond donors (Lipinski definition) is 1. The lowest BCUT2D eigenvalue weighted by Crippen LogP contribution is -2.44. The number of carbonyl (C=O) groups is 1. The molecule has 24 heavy (non-hydrogen) atoms. The van der Waals surface area contributed by atoms with Crippen LogP contribution in [0.15, 0.2) is 24.4 Å². The molecule has 0 aromatic carbocycles. The molecule has 7 heteroatoms. The minimum atomic E-state index is -3.17. The summed E-state index contributed by atoms with van der Waals surface area (Å²) < 4.78 is 25.9. The van der Waals surface area contributed by atoms with Gasteiger partial charge in [0.15, 0.2) is 0 Å². The summed E-state index contributed by atoms with van der Waals surface area (Å²) in [7, 11) is -3.17. The Kier molecular flexibility index (Phi) is 6.74. The minimum absolute atomic E-state index is 0.0150. The molecule has 1 aliphatic rings. The van der Waals surface area contributed by atoms with E-state index in [1.165, 1.54) is 4.31 Å². The molecular formula is C17H27N3O3S. The van der Waals surface area contributed by atoms with Gasteiger partial charge in [-0.15, -0.1) is 0 Å². The number of sulfonamides is 1. The van der Waals surface area contributed by atoms with Crippen LogP contribution in [0.3, 0.4) is 0 Å². The highest BCUT2D eigenvalue weighted by Gasteiger charge is 2.31. The molecule has 1 unspecified atom stereocenters. The van der Waals surface area contributed by atoms with Gasteiger partial charge in [0.05, 0.1) is 17.5 Å². The summed E-state index contributed by atoms with van der Waals surface area (Å²) in [6.45, 7) is 4.75. The molecule has 1 aromatic rings. The van der Waals surface area contributed by atoms with E-state index in [4.69, 9.17) is 0 Å². The lowest BCUT2D eigenvalue weighted by molar-refractivity contribution is -0.126. The third-order valence-corrected chi connectivity index (χ3v) is 6.42. The van der Waals surface area contributed by atoms with Crippen molar-refractivity contribution >= 4 is 15.9 Å². The van der Waals surface area contributed by atoms with Crippen LogP contribution in [-0.2, 0) is 14.8 Å². The van der Waals surface area contributed by atoms with Gasteiger partial charge in [0.1, 0.15) is 0 Å². The fourth-order valence-electron chi connectivity index (χ4n) is 2.89. The van der Waals surface area contributed by atoms with E-state index < -0.39 is 10.0 Å². The maximum atomic E-state index is 12.4. The monoisotopic (exact) mass is 353 g/mol. The molecule has 2 heterocycles. The Morgan fingerprint density at radius 3 is 2.67 bits per heavy atom. The third-order valence-electron chi connectivity index (χ3n) is 4.46. The fourth-order valence-corrected chi connectivity index (χ4v) is 4.57. The standard InChI is InChI=1S/C17H27N3O3S/c1-3-4-13-24(22,23)20-11-8-15(9-12-20)17(21)19-14(2)16-7-5-6-10-18-16/h5-7,10,14-15H,3-4,8-9,11-13H2,1-2H3,(H,19,21). The second-order valence-electron chi connectivity index (χ2n) is 6.33. The van der Waals surface area contributed by atoms with Crippen LogP contribution in [0.5, 0.6) is 0 Å². The van der Waals surface area contributed by atoms with E-state index in [9.17, 15) is 13.2 Å². The Hall–Kier alpha value is -1.47. The van der Waals surface area contributed by atoms with Gasteiger partial charge in [-0.25, -0.2) is 12.7 Å². The van der Waals surface area contributed by atoms with Crippen LogP contribution in [0, 0.1) is 5.92 Å². The first-order valence-electron chi connectivity index (χ1n) is 8.63. The zero-order chi connectivity index (χ0) is 17.6. The van der Waals surface area contributed by atoms with Gasteiger partial charge < -0.3 is 5.32 Å². The number of unbranched alkanes of at least 4 members (excludes halogenated alkanes) is 1. The summed E-state index contributed by atoms with van der Waals surface area (Å²) in [6, 6.07) is 5.47. The molecule has 0 saturated carbocycles. The number of pyridine rings is 1. The molecule has 0 bridgehead atoms. The highest BCUT2D eigenvalue weighted by atomic mass is 32.2. The second kappa shape index (κ2) is 8.58. The number of piperidine rings is 1. The maximum absolute atomic E-state index is 12.4. The normalized spacial score (nSPS) is 18.2. The van der Waals surface area contributed by atoms with E-state index in [0.29, 0.717) is 32.4 Å². The first kappa shape index (κ1) is 18.9. The maximum Gasteiger partial charge on any atom is 0.223 e. The number of amides is 1. The zero-order valence-electron chi connectivity index (χ0n) is 14.4. The van der Waals surface area contributed by atoms with Crippen molar-refractivity contribution < 1.29 is 13.2 Å². The molecule has 2 rings (SSSR count). The molecule has 0 spiro atoms. The van der Waals surface area contributed by atoms with Gasteiger partial charge in [0, 0.05) is 25.2 Å². The summed E-state index contributed by atoms with van der Waals surface area (Å²) in [6.07, 6.45) is 4.41. The van der Waals surface area contributed by atoms with Gasteiger partial charge in [-0.3, -0.25) is 9.78 Å². The quantitative estimate of drug-likeness (QED) is 0.814. The van der Waals surface area contributed by atoms with Crippen LogP contribution >= 0.6 is 0 Å². The number of hydrogen-bond acceptors (Lipinski definition) is 4.